The van der Waals surface area contributed by atoms with E-state index in [9.17, 15) is 0 Å². The first-order valence-corrected chi connectivity index (χ1v) is 8.21. The van der Waals surface area contributed by atoms with Gasteiger partial charge in [-0.15, -0.1) is 11.8 Å². The molecule has 104 valence electrons. The van der Waals surface area contributed by atoms with E-state index in [0.717, 1.165) is 24.0 Å². The number of benzene rings is 1. The minimum atomic E-state index is 0.126. The van der Waals surface area contributed by atoms with Gasteiger partial charge in [-0.3, -0.25) is 0 Å². The van der Waals surface area contributed by atoms with Gasteiger partial charge in [-0.05, 0) is 50.1 Å². The number of thioether (sulfide) groups is 1. The number of hydrogen-bond acceptors (Lipinski definition) is 3. The van der Waals surface area contributed by atoms with Gasteiger partial charge in [-0.25, -0.2) is 4.98 Å². The van der Waals surface area contributed by atoms with Gasteiger partial charge in [0.25, 0.3) is 0 Å². The average molecular weight is 285 g/mol. The Bertz CT molecular complexity index is 675. The zero-order valence-electron chi connectivity index (χ0n) is 12.0. The molecule has 0 saturated carbocycles. The van der Waals surface area contributed by atoms with Crippen molar-refractivity contribution in [1.29, 1.82) is 5.26 Å². The Balaban J connectivity index is 2.20. The first-order chi connectivity index (χ1) is 9.68. The standard InChI is InChI=1S/C16H19N3S/c1-3-8-19-14-6-5-12(11-17)10-13(14)18-15(19)16(2)7-4-9-20-16/h5-6,10H,3-4,7-9H2,1-2H3. The number of nitrogens with zero attached hydrogens (tertiary/aromatic N) is 3. The fraction of sp³-hybridized carbons (Fsp3) is 0.500. The van der Waals surface area contributed by atoms with Crippen LogP contribution in [0.4, 0.5) is 0 Å². The largest absolute Gasteiger partial charge is 0.327 e. The number of aryl methyl sites for hydroxylation is 1. The summed E-state index contributed by atoms with van der Waals surface area (Å²) < 4.78 is 2.48. The van der Waals surface area contributed by atoms with E-state index in [-0.39, 0.29) is 4.75 Å². The van der Waals surface area contributed by atoms with Gasteiger partial charge in [0.05, 0.1) is 27.4 Å². The Morgan fingerprint density at radius 2 is 2.35 bits per heavy atom. The summed E-state index contributed by atoms with van der Waals surface area (Å²) in [5, 5.41) is 9.05. The lowest BCUT2D eigenvalue weighted by Crippen LogP contribution is -2.20. The van der Waals surface area contributed by atoms with E-state index in [0.29, 0.717) is 5.56 Å². The van der Waals surface area contributed by atoms with E-state index in [4.69, 9.17) is 10.2 Å². The van der Waals surface area contributed by atoms with Gasteiger partial charge in [-0.1, -0.05) is 6.92 Å². The maximum atomic E-state index is 9.05. The van der Waals surface area contributed by atoms with Crippen molar-refractivity contribution in [3.63, 3.8) is 0 Å². The third-order valence-corrected chi connectivity index (χ3v) is 5.53. The molecule has 1 aromatic carbocycles. The van der Waals surface area contributed by atoms with Crippen molar-refractivity contribution >= 4 is 22.8 Å². The summed E-state index contributed by atoms with van der Waals surface area (Å²) in [5.41, 5.74) is 2.81. The van der Waals surface area contributed by atoms with Crippen LogP contribution in [0.3, 0.4) is 0 Å². The van der Waals surface area contributed by atoms with Crippen molar-refractivity contribution in [2.75, 3.05) is 5.75 Å². The summed E-state index contributed by atoms with van der Waals surface area (Å²) in [6, 6.07) is 8.05. The quantitative estimate of drug-likeness (QED) is 0.854. The lowest BCUT2D eigenvalue weighted by atomic mass is 10.0. The highest BCUT2D eigenvalue weighted by Crippen LogP contribution is 2.46. The highest BCUT2D eigenvalue weighted by Gasteiger charge is 2.36. The van der Waals surface area contributed by atoms with Crippen molar-refractivity contribution in [1.82, 2.24) is 9.55 Å². The smallest absolute Gasteiger partial charge is 0.125 e. The molecule has 4 heteroatoms. The summed E-state index contributed by atoms with van der Waals surface area (Å²) in [6.45, 7) is 5.50. The van der Waals surface area contributed by atoms with Crippen LogP contribution in [0.1, 0.15) is 44.5 Å². The molecule has 3 rings (SSSR count). The van der Waals surface area contributed by atoms with Crippen LogP contribution in [0.5, 0.6) is 0 Å². The van der Waals surface area contributed by atoms with Crippen LogP contribution < -0.4 is 0 Å². The van der Waals surface area contributed by atoms with Crippen molar-refractivity contribution in [2.24, 2.45) is 0 Å². The number of aromatic nitrogens is 2. The summed E-state index contributed by atoms with van der Waals surface area (Å²) in [7, 11) is 0. The lowest BCUT2D eigenvalue weighted by Gasteiger charge is -2.23. The molecular weight excluding hydrogens is 266 g/mol. The Morgan fingerprint density at radius 3 is 3.00 bits per heavy atom. The van der Waals surface area contributed by atoms with Gasteiger partial charge in [0.15, 0.2) is 0 Å². The van der Waals surface area contributed by atoms with Gasteiger partial charge in [0.2, 0.25) is 0 Å². The molecule has 0 amide bonds. The summed E-state index contributed by atoms with van der Waals surface area (Å²) in [4.78, 5) is 4.88. The highest BCUT2D eigenvalue weighted by atomic mass is 32.2. The number of nitriles is 1. The number of fused-ring (bicyclic) bond motifs is 1. The molecule has 1 aliphatic heterocycles. The fourth-order valence-corrected chi connectivity index (χ4v) is 4.32. The van der Waals surface area contributed by atoms with Gasteiger partial charge < -0.3 is 4.57 Å². The van der Waals surface area contributed by atoms with Gasteiger partial charge in [0, 0.05) is 6.54 Å². The van der Waals surface area contributed by atoms with E-state index >= 15 is 0 Å². The van der Waals surface area contributed by atoms with Crippen LogP contribution in [0.2, 0.25) is 0 Å². The van der Waals surface area contributed by atoms with E-state index in [1.807, 2.05) is 30.0 Å². The number of rotatable bonds is 3. The highest BCUT2D eigenvalue weighted by molar-refractivity contribution is 8.00. The second kappa shape index (κ2) is 5.14. The molecule has 0 spiro atoms. The van der Waals surface area contributed by atoms with E-state index < -0.39 is 0 Å². The molecule has 0 aliphatic carbocycles. The monoisotopic (exact) mass is 285 g/mol. The minimum absolute atomic E-state index is 0.126. The number of hydrogen-bond donors (Lipinski definition) is 0. The van der Waals surface area contributed by atoms with Crippen LogP contribution in [-0.2, 0) is 11.3 Å². The normalized spacial score (nSPS) is 22.2. The Hall–Kier alpha value is -1.47. The second-order valence-electron chi connectivity index (χ2n) is 5.59. The minimum Gasteiger partial charge on any atom is -0.327 e. The van der Waals surface area contributed by atoms with Gasteiger partial charge in [-0.2, -0.15) is 5.26 Å². The lowest BCUT2D eigenvalue weighted by molar-refractivity contribution is 0.549. The summed E-state index contributed by atoms with van der Waals surface area (Å²) in [5.74, 6) is 2.40. The molecule has 0 radical (unpaired) electrons. The molecule has 1 atom stereocenters. The van der Waals surface area contributed by atoms with Crippen LogP contribution in [0, 0.1) is 11.3 Å². The predicted octanol–water partition coefficient (Wildman–Crippen LogP) is 4.06. The Kier molecular flexibility index (Phi) is 3.47. The summed E-state index contributed by atoms with van der Waals surface area (Å²) >= 11 is 2.01. The summed E-state index contributed by atoms with van der Waals surface area (Å²) in [6.07, 6.45) is 3.55. The second-order valence-corrected chi connectivity index (χ2v) is 7.18. The molecule has 0 N–H and O–H groups in total. The topological polar surface area (TPSA) is 41.6 Å². The molecule has 0 bridgehead atoms. The Labute approximate surface area is 124 Å². The molecule has 1 unspecified atom stereocenters. The van der Waals surface area contributed by atoms with E-state index in [2.05, 4.69) is 24.5 Å². The molecule has 2 aromatic rings. The molecule has 20 heavy (non-hydrogen) atoms. The maximum absolute atomic E-state index is 9.05. The molecule has 1 aliphatic rings. The van der Waals surface area contributed by atoms with Crippen LogP contribution in [0.15, 0.2) is 18.2 Å². The van der Waals surface area contributed by atoms with Crippen LogP contribution >= 0.6 is 11.8 Å². The van der Waals surface area contributed by atoms with Gasteiger partial charge in [0.1, 0.15) is 5.82 Å². The SMILES string of the molecule is CCCn1c(C2(C)CCCS2)nc2cc(C#N)ccc21. The van der Waals surface area contributed by atoms with Crippen molar-refractivity contribution in [3.8, 4) is 6.07 Å². The fourth-order valence-electron chi connectivity index (χ4n) is 3.01. The first-order valence-electron chi connectivity index (χ1n) is 7.23. The molecular formula is C16H19N3S. The van der Waals surface area contributed by atoms with Crippen molar-refractivity contribution in [3.05, 3.63) is 29.6 Å². The third kappa shape index (κ3) is 2.10. The molecule has 1 fully saturated rings. The zero-order valence-corrected chi connectivity index (χ0v) is 12.8. The number of imidazole rings is 1. The van der Waals surface area contributed by atoms with Gasteiger partial charge >= 0.3 is 0 Å². The van der Waals surface area contributed by atoms with Crippen LogP contribution in [0.25, 0.3) is 11.0 Å². The van der Waals surface area contributed by atoms with Crippen molar-refractivity contribution in [2.45, 2.75) is 44.4 Å². The first kappa shape index (κ1) is 13.5. The average Bonchev–Trinajstić information content (AvgIpc) is 3.04. The molecule has 1 saturated heterocycles. The predicted molar refractivity (Wildman–Crippen MR) is 83.8 cm³/mol. The molecule has 2 heterocycles. The van der Waals surface area contributed by atoms with Crippen LogP contribution in [-0.4, -0.2) is 15.3 Å². The van der Waals surface area contributed by atoms with E-state index in [1.165, 1.54) is 24.4 Å². The molecule has 1 aromatic heterocycles. The maximum Gasteiger partial charge on any atom is 0.125 e. The van der Waals surface area contributed by atoms with E-state index in [1.54, 1.807) is 0 Å². The molecule has 3 nitrogen and oxygen atoms in total. The van der Waals surface area contributed by atoms with Crippen molar-refractivity contribution < 1.29 is 0 Å². The zero-order chi connectivity index (χ0) is 14.2. The Morgan fingerprint density at radius 1 is 1.50 bits per heavy atom. The third-order valence-electron chi connectivity index (χ3n) is 4.02.